The van der Waals surface area contributed by atoms with Crippen molar-refractivity contribution < 1.29 is 14.7 Å². The average Bonchev–Trinajstić information content (AvgIpc) is 2.66. The van der Waals surface area contributed by atoms with E-state index in [9.17, 15) is 9.59 Å². The molecule has 15 heavy (non-hydrogen) atoms. The quantitative estimate of drug-likeness (QED) is 0.720. The lowest BCUT2D eigenvalue weighted by Crippen LogP contribution is -2.44. The topological polar surface area (TPSA) is 78.4 Å². The van der Waals surface area contributed by atoms with Crippen molar-refractivity contribution in [3.05, 3.63) is 22.4 Å². The lowest BCUT2D eigenvalue weighted by atomic mass is 10.3. The third kappa shape index (κ3) is 3.99. The maximum Gasteiger partial charge on any atom is 0.325 e. The van der Waals surface area contributed by atoms with Crippen molar-refractivity contribution in [2.24, 2.45) is 0 Å². The molecule has 0 saturated carbocycles. The summed E-state index contributed by atoms with van der Waals surface area (Å²) in [6, 6.07) is 0.537. The van der Waals surface area contributed by atoms with Gasteiger partial charge in [-0.3, -0.25) is 4.79 Å². The molecule has 2 amide bonds. The number of urea groups is 1. The molecule has 0 aliphatic heterocycles. The Morgan fingerprint density at radius 3 is 2.87 bits per heavy atom. The molecular formula is C9H12N2O3S. The van der Waals surface area contributed by atoms with Crippen LogP contribution in [-0.2, 0) is 11.3 Å². The second-order valence-electron chi connectivity index (χ2n) is 3.02. The average molecular weight is 228 g/mol. The molecule has 0 radical (unpaired) electrons. The highest BCUT2D eigenvalue weighted by atomic mass is 32.1. The molecule has 82 valence electrons. The van der Waals surface area contributed by atoms with E-state index in [0.29, 0.717) is 6.54 Å². The number of thiophene rings is 1. The predicted octanol–water partition coefficient (Wildman–Crippen LogP) is 1.02. The number of carbonyl (C=O) groups excluding carboxylic acids is 1. The smallest absolute Gasteiger partial charge is 0.325 e. The Labute approximate surface area is 91.1 Å². The van der Waals surface area contributed by atoms with E-state index in [1.165, 1.54) is 6.92 Å². The van der Waals surface area contributed by atoms with Gasteiger partial charge in [0, 0.05) is 6.54 Å². The molecule has 0 unspecified atom stereocenters. The number of amides is 2. The van der Waals surface area contributed by atoms with Crippen LogP contribution in [0.2, 0.25) is 0 Å². The van der Waals surface area contributed by atoms with Crippen molar-refractivity contribution in [2.45, 2.75) is 19.5 Å². The monoisotopic (exact) mass is 228 g/mol. The van der Waals surface area contributed by atoms with Gasteiger partial charge >= 0.3 is 12.0 Å². The number of aliphatic carboxylic acids is 1. The molecule has 0 aromatic carbocycles. The number of carbonyl (C=O) groups is 2. The normalized spacial score (nSPS) is 11.8. The van der Waals surface area contributed by atoms with Crippen LogP contribution in [0.1, 0.15) is 12.5 Å². The Bertz CT molecular complexity index is 337. The second kappa shape index (κ2) is 5.35. The fraction of sp³-hybridized carbons (Fsp3) is 0.333. The van der Waals surface area contributed by atoms with Gasteiger partial charge in [-0.15, -0.1) is 0 Å². The van der Waals surface area contributed by atoms with Crippen molar-refractivity contribution in [3.63, 3.8) is 0 Å². The summed E-state index contributed by atoms with van der Waals surface area (Å²) in [7, 11) is 0. The van der Waals surface area contributed by atoms with E-state index in [0.717, 1.165) is 5.56 Å². The highest BCUT2D eigenvalue weighted by molar-refractivity contribution is 7.07. The number of carboxylic acid groups (broad SMARTS) is 1. The summed E-state index contributed by atoms with van der Waals surface area (Å²) in [6.45, 7) is 1.81. The third-order valence-electron chi connectivity index (χ3n) is 1.75. The fourth-order valence-electron chi connectivity index (χ4n) is 0.885. The number of carboxylic acids is 1. The van der Waals surface area contributed by atoms with Crippen LogP contribution in [0.5, 0.6) is 0 Å². The van der Waals surface area contributed by atoms with Gasteiger partial charge in [-0.2, -0.15) is 11.3 Å². The SMILES string of the molecule is C[C@H](NC(=O)NCc1ccsc1)C(=O)O. The molecule has 0 aliphatic carbocycles. The van der Waals surface area contributed by atoms with Gasteiger partial charge in [-0.05, 0) is 29.3 Å². The van der Waals surface area contributed by atoms with E-state index in [-0.39, 0.29) is 0 Å². The van der Waals surface area contributed by atoms with Crippen LogP contribution < -0.4 is 10.6 Å². The van der Waals surface area contributed by atoms with E-state index in [4.69, 9.17) is 5.11 Å². The minimum absolute atomic E-state index is 0.404. The summed E-state index contributed by atoms with van der Waals surface area (Å²) in [5.41, 5.74) is 0.998. The number of rotatable bonds is 4. The van der Waals surface area contributed by atoms with Gasteiger partial charge in [-0.25, -0.2) is 4.79 Å². The number of hydrogen-bond acceptors (Lipinski definition) is 3. The molecule has 6 heteroatoms. The van der Waals surface area contributed by atoms with Crippen LogP contribution in [0.25, 0.3) is 0 Å². The Hall–Kier alpha value is -1.56. The minimum atomic E-state index is -1.05. The zero-order valence-electron chi connectivity index (χ0n) is 8.19. The first kappa shape index (κ1) is 11.5. The van der Waals surface area contributed by atoms with Crippen LogP contribution >= 0.6 is 11.3 Å². The molecule has 1 rings (SSSR count). The second-order valence-corrected chi connectivity index (χ2v) is 3.80. The first-order chi connectivity index (χ1) is 7.09. The zero-order chi connectivity index (χ0) is 11.3. The Morgan fingerprint density at radius 2 is 2.33 bits per heavy atom. The van der Waals surface area contributed by atoms with Crippen LogP contribution in [-0.4, -0.2) is 23.1 Å². The third-order valence-corrected chi connectivity index (χ3v) is 2.48. The molecular weight excluding hydrogens is 216 g/mol. The number of hydrogen-bond donors (Lipinski definition) is 3. The van der Waals surface area contributed by atoms with Gasteiger partial charge in [0.2, 0.25) is 0 Å². The molecule has 5 nitrogen and oxygen atoms in total. The van der Waals surface area contributed by atoms with E-state index >= 15 is 0 Å². The molecule has 1 aromatic heterocycles. The largest absolute Gasteiger partial charge is 0.480 e. The van der Waals surface area contributed by atoms with Crippen LogP contribution in [0.4, 0.5) is 4.79 Å². The van der Waals surface area contributed by atoms with E-state index < -0.39 is 18.0 Å². The van der Waals surface area contributed by atoms with E-state index in [1.807, 2.05) is 16.8 Å². The van der Waals surface area contributed by atoms with Crippen molar-refractivity contribution in [1.82, 2.24) is 10.6 Å². The van der Waals surface area contributed by atoms with E-state index in [2.05, 4.69) is 10.6 Å². The van der Waals surface area contributed by atoms with Gasteiger partial charge in [0.25, 0.3) is 0 Å². The standard InChI is InChI=1S/C9H12N2O3S/c1-6(8(12)13)11-9(14)10-4-7-2-3-15-5-7/h2-3,5-6H,4H2,1H3,(H,12,13)(H2,10,11,14)/t6-/m0/s1. The van der Waals surface area contributed by atoms with Gasteiger partial charge in [0.1, 0.15) is 6.04 Å². The van der Waals surface area contributed by atoms with Gasteiger partial charge in [-0.1, -0.05) is 0 Å². The summed E-state index contributed by atoms with van der Waals surface area (Å²) in [5.74, 6) is -1.05. The van der Waals surface area contributed by atoms with Gasteiger partial charge in [0.05, 0.1) is 0 Å². The summed E-state index contributed by atoms with van der Waals surface area (Å²) >= 11 is 1.54. The first-order valence-corrected chi connectivity index (χ1v) is 5.32. The Kier molecular flexibility index (Phi) is 4.11. The predicted molar refractivity (Wildman–Crippen MR) is 56.8 cm³/mol. The van der Waals surface area contributed by atoms with Crippen molar-refractivity contribution >= 4 is 23.3 Å². The first-order valence-electron chi connectivity index (χ1n) is 4.38. The molecule has 0 bridgehead atoms. The van der Waals surface area contributed by atoms with Crippen molar-refractivity contribution in [1.29, 1.82) is 0 Å². The fourth-order valence-corrected chi connectivity index (χ4v) is 1.55. The maximum absolute atomic E-state index is 11.2. The van der Waals surface area contributed by atoms with Crippen molar-refractivity contribution in [3.8, 4) is 0 Å². The van der Waals surface area contributed by atoms with Gasteiger partial charge < -0.3 is 15.7 Å². The summed E-state index contributed by atoms with van der Waals surface area (Å²) < 4.78 is 0. The summed E-state index contributed by atoms with van der Waals surface area (Å²) in [6.07, 6.45) is 0. The lowest BCUT2D eigenvalue weighted by molar-refractivity contribution is -0.138. The lowest BCUT2D eigenvalue weighted by Gasteiger charge is -2.09. The Morgan fingerprint density at radius 1 is 1.60 bits per heavy atom. The molecule has 0 spiro atoms. The van der Waals surface area contributed by atoms with E-state index in [1.54, 1.807) is 11.3 Å². The molecule has 3 N–H and O–H groups in total. The molecule has 0 fully saturated rings. The molecule has 1 heterocycles. The summed E-state index contributed by atoms with van der Waals surface area (Å²) in [5, 5.41) is 17.2. The van der Waals surface area contributed by atoms with Crippen LogP contribution in [0.15, 0.2) is 16.8 Å². The summed E-state index contributed by atoms with van der Waals surface area (Å²) in [4.78, 5) is 21.6. The number of nitrogens with one attached hydrogen (secondary N) is 2. The molecule has 0 saturated heterocycles. The van der Waals surface area contributed by atoms with Crippen LogP contribution in [0, 0.1) is 0 Å². The molecule has 1 atom stereocenters. The van der Waals surface area contributed by atoms with Crippen molar-refractivity contribution in [2.75, 3.05) is 0 Å². The highest BCUT2D eigenvalue weighted by Gasteiger charge is 2.12. The maximum atomic E-state index is 11.2. The Balaban J connectivity index is 2.28. The van der Waals surface area contributed by atoms with Crippen LogP contribution in [0.3, 0.4) is 0 Å². The molecule has 1 aromatic rings. The minimum Gasteiger partial charge on any atom is -0.480 e. The highest BCUT2D eigenvalue weighted by Crippen LogP contribution is 2.04. The zero-order valence-corrected chi connectivity index (χ0v) is 9.00. The van der Waals surface area contributed by atoms with Gasteiger partial charge in [0.15, 0.2) is 0 Å². The molecule has 0 aliphatic rings.